The topological polar surface area (TPSA) is 29.3 Å². The van der Waals surface area contributed by atoms with Gasteiger partial charge in [0.2, 0.25) is 0 Å². The molecule has 86 valence electrons. The van der Waals surface area contributed by atoms with Gasteiger partial charge in [-0.2, -0.15) is 11.8 Å². The summed E-state index contributed by atoms with van der Waals surface area (Å²) in [5, 5.41) is 0. The van der Waals surface area contributed by atoms with Crippen LogP contribution in [0.25, 0.3) is 0 Å². The van der Waals surface area contributed by atoms with Crippen molar-refractivity contribution in [2.24, 2.45) is 0 Å². The lowest BCUT2D eigenvalue weighted by Crippen LogP contribution is -2.37. The van der Waals surface area contributed by atoms with Crippen LogP contribution in [0.15, 0.2) is 24.3 Å². The third kappa shape index (κ3) is 2.01. The lowest BCUT2D eigenvalue weighted by molar-refractivity contribution is 0.640. The minimum absolute atomic E-state index is 0.751. The van der Waals surface area contributed by atoms with Crippen LogP contribution in [0.1, 0.15) is 19.3 Å². The van der Waals surface area contributed by atoms with E-state index in [9.17, 15) is 0 Å². The average Bonchev–Trinajstić information content (AvgIpc) is 2.97. The number of nitrogens with two attached hydrogens (primary N) is 1. The molecule has 2 aliphatic rings. The molecule has 1 aliphatic heterocycles. The van der Waals surface area contributed by atoms with Gasteiger partial charge in [0.25, 0.3) is 0 Å². The summed E-state index contributed by atoms with van der Waals surface area (Å²) in [5.74, 6) is 2.61. The monoisotopic (exact) mass is 234 g/mol. The van der Waals surface area contributed by atoms with Gasteiger partial charge in [0, 0.05) is 29.2 Å². The molecule has 3 heteroatoms. The van der Waals surface area contributed by atoms with E-state index in [4.69, 9.17) is 5.73 Å². The quantitative estimate of drug-likeness (QED) is 0.815. The van der Waals surface area contributed by atoms with Crippen LogP contribution in [-0.4, -0.2) is 23.6 Å². The van der Waals surface area contributed by atoms with E-state index >= 15 is 0 Å². The van der Waals surface area contributed by atoms with E-state index in [1.807, 2.05) is 12.1 Å². The summed E-state index contributed by atoms with van der Waals surface area (Å²) >= 11 is 2.09. The molecule has 1 aliphatic carbocycles. The maximum atomic E-state index is 5.75. The Morgan fingerprint density at radius 3 is 2.38 bits per heavy atom. The number of thioether (sulfide) groups is 1. The summed E-state index contributed by atoms with van der Waals surface area (Å²) in [4.78, 5) is 2.64. The number of nitrogen functional groups attached to an aromatic ring is 1. The molecule has 2 fully saturated rings. The van der Waals surface area contributed by atoms with E-state index in [0.29, 0.717) is 0 Å². The van der Waals surface area contributed by atoms with Gasteiger partial charge in [0.15, 0.2) is 0 Å². The maximum absolute atomic E-state index is 5.75. The van der Waals surface area contributed by atoms with Crippen molar-refractivity contribution in [3.8, 4) is 0 Å². The fourth-order valence-corrected chi connectivity index (χ4v) is 3.67. The zero-order valence-corrected chi connectivity index (χ0v) is 10.2. The van der Waals surface area contributed by atoms with Gasteiger partial charge in [-0.3, -0.25) is 0 Å². The normalized spacial score (nSPS) is 24.6. The van der Waals surface area contributed by atoms with E-state index in [1.54, 1.807) is 0 Å². The number of nitrogens with zero attached hydrogens (tertiary/aromatic N) is 1. The van der Waals surface area contributed by atoms with Crippen molar-refractivity contribution < 1.29 is 0 Å². The maximum Gasteiger partial charge on any atom is 0.0391 e. The zero-order valence-electron chi connectivity index (χ0n) is 9.43. The molecule has 2 nitrogen and oxygen atoms in total. The van der Waals surface area contributed by atoms with Gasteiger partial charge in [-0.05, 0) is 49.3 Å². The second-order valence-corrected chi connectivity index (χ2v) is 5.90. The van der Waals surface area contributed by atoms with Gasteiger partial charge in [0.05, 0.1) is 0 Å². The van der Waals surface area contributed by atoms with Crippen LogP contribution in [0.3, 0.4) is 0 Å². The Hall–Kier alpha value is -0.830. The van der Waals surface area contributed by atoms with Gasteiger partial charge >= 0.3 is 0 Å². The summed E-state index contributed by atoms with van der Waals surface area (Å²) in [6, 6.07) is 9.95. The number of anilines is 2. The lowest BCUT2D eigenvalue weighted by Gasteiger charge is -2.31. The first kappa shape index (κ1) is 10.3. The second kappa shape index (κ2) is 4.21. The molecule has 1 aromatic carbocycles. The van der Waals surface area contributed by atoms with Crippen LogP contribution in [0, 0.1) is 0 Å². The Balaban J connectivity index is 1.84. The number of benzene rings is 1. The van der Waals surface area contributed by atoms with Gasteiger partial charge in [-0.25, -0.2) is 0 Å². The summed E-state index contributed by atoms with van der Waals surface area (Å²) in [6.45, 7) is 0. The molecule has 1 atom stereocenters. The molecule has 0 unspecified atom stereocenters. The molecule has 0 radical (unpaired) electrons. The summed E-state index contributed by atoms with van der Waals surface area (Å²) in [6.07, 6.45) is 4.07. The average molecular weight is 234 g/mol. The van der Waals surface area contributed by atoms with Gasteiger partial charge in [-0.1, -0.05) is 0 Å². The predicted molar refractivity (Wildman–Crippen MR) is 72.1 cm³/mol. The molecule has 0 aromatic heterocycles. The molecule has 16 heavy (non-hydrogen) atoms. The van der Waals surface area contributed by atoms with Crippen molar-refractivity contribution in [2.75, 3.05) is 22.1 Å². The standard InChI is InChI=1S/C13H18N2S/c14-10-1-3-11(4-2-10)15(12-5-6-12)13-7-8-16-9-13/h1-4,12-13H,5-9,14H2/t13-/m0/s1. The fraction of sp³-hybridized carbons (Fsp3) is 0.538. The van der Waals surface area contributed by atoms with Crippen LogP contribution in [0.4, 0.5) is 11.4 Å². The van der Waals surface area contributed by atoms with E-state index < -0.39 is 0 Å². The van der Waals surface area contributed by atoms with E-state index in [2.05, 4.69) is 28.8 Å². The predicted octanol–water partition coefficient (Wildman–Crippen LogP) is 2.74. The fourth-order valence-electron chi connectivity index (χ4n) is 2.46. The molecular weight excluding hydrogens is 216 g/mol. The molecule has 0 bridgehead atoms. The van der Waals surface area contributed by atoms with E-state index in [-0.39, 0.29) is 0 Å². The number of rotatable bonds is 3. The molecular formula is C13H18N2S. The largest absolute Gasteiger partial charge is 0.399 e. The first-order chi connectivity index (χ1) is 7.84. The van der Waals surface area contributed by atoms with E-state index in [0.717, 1.165) is 17.8 Å². The van der Waals surface area contributed by atoms with Crippen LogP contribution in [-0.2, 0) is 0 Å². The summed E-state index contributed by atoms with van der Waals surface area (Å²) < 4.78 is 0. The Bertz CT molecular complexity index is 353. The molecule has 1 heterocycles. The van der Waals surface area contributed by atoms with Gasteiger partial charge in [-0.15, -0.1) is 0 Å². The van der Waals surface area contributed by atoms with Crippen molar-refractivity contribution in [3.63, 3.8) is 0 Å². The third-order valence-electron chi connectivity index (χ3n) is 3.43. The van der Waals surface area contributed by atoms with Crippen molar-refractivity contribution in [1.82, 2.24) is 0 Å². The van der Waals surface area contributed by atoms with Crippen LogP contribution in [0.5, 0.6) is 0 Å². The summed E-state index contributed by atoms with van der Waals surface area (Å²) in [7, 11) is 0. The van der Waals surface area contributed by atoms with Gasteiger partial charge in [0.1, 0.15) is 0 Å². The number of hydrogen-bond acceptors (Lipinski definition) is 3. The third-order valence-corrected chi connectivity index (χ3v) is 4.58. The molecule has 2 N–H and O–H groups in total. The van der Waals surface area contributed by atoms with Crippen molar-refractivity contribution >= 4 is 23.1 Å². The highest BCUT2D eigenvalue weighted by atomic mass is 32.2. The van der Waals surface area contributed by atoms with Crippen molar-refractivity contribution in [1.29, 1.82) is 0 Å². The van der Waals surface area contributed by atoms with Gasteiger partial charge < -0.3 is 10.6 Å². The smallest absolute Gasteiger partial charge is 0.0391 e. The van der Waals surface area contributed by atoms with Crippen LogP contribution < -0.4 is 10.6 Å². The first-order valence-electron chi connectivity index (χ1n) is 6.06. The Labute approximate surface area is 101 Å². The van der Waals surface area contributed by atoms with Crippen LogP contribution >= 0.6 is 11.8 Å². The second-order valence-electron chi connectivity index (χ2n) is 4.75. The molecule has 0 spiro atoms. The molecule has 1 aromatic rings. The molecule has 1 saturated heterocycles. The molecule has 0 amide bonds. The molecule has 1 saturated carbocycles. The highest BCUT2D eigenvalue weighted by Gasteiger charge is 2.35. The lowest BCUT2D eigenvalue weighted by atomic mass is 10.1. The Morgan fingerprint density at radius 2 is 1.81 bits per heavy atom. The minimum Gasteiger partial charge on any atom is -0.399 e. The molecule has 3 rings (SSSR count). The Morgan fingerprint density at radius 1 is 1.06 bits per heavy atom. The van der Waals surface area contributed by atoms with Crippen molar-refractivity contribution in [3.05, 3.63) is 24.3 Å². The minimum atomic E-state index is 0.751. The first-order valence-corrected chi connectivity index (χ1v) is 7.22. The summed E-state index contributed by atoms with van der Waals surface area (Å²) in [5.41, 5.74) is 7.98. The highest BCUT2D eigenvalue weighted by molar-refractivity contribution is 7.99. The van der Waals surface area contributed by atoms with E-state index in [1.165, 1.54) is 36.5 Å². The zero-order chi connectivity index (χ0) is 11.0. The number of hydrogen-bond donors (Lipinski definition) is 1. The Kier molecular flexibility index (Phi) is 2.72. The highest BCUT2D eigenvalue weighted by Crippen LogP contribution is 2.37. The van der Waals surface area contributed by atoms with Crippen molar-refractivity contribution in [2.45, 2.75) is 31.3 Å². The van der Waals surface area contributed by atoms with Crippen LogP contribution in [0.2, 0.25) is 0 Å². The SMILES string of the molecule is Nc1ccc(N(C2CC2)[C@H]2CCSC2)cc1.